The van der Waals surface area contributed by atoms with Crippen molar-refractivity contribution in [3.05, 3.63) is 65.2 Å². The Balaban J connectivity index is 2.02. The van der Waals surface area contributed by atoms with Gasteiger partial charge >= 0.3 is 0 Å². The Morgan fingerprint density at radius 2 is 1.80 bits per heavy atom. The first-order valence-corrected chi connectivity index (χ1v) is 7.71. The number of carbonyl (C=O) groups is 1. The van der Waals surface area contributed by atoms with Crippen LogP contribution < -0.4 is 9.47 Å². The molecule has 0 aliphatic heterocycles. The summed E-state index contributed by atoms with van der Waals surface area (Å²) >= 11 is 0. The number of hydrogen-bond acceptors (Lipinski definition) is 4. The van der Waals surface area contributed by atoms with Gasteiger partial charge in [-0.05, 0) is 41.5 Å². The van der Waals surface area contributed by atoms with Gasteiger partial charge in [-0.25, -0.2) is 0 Å². The van der Waals surface area contributed by atoms with Crippen molar-refractivity contribution < 1.29 is 14.3 Å². The minimum atomic E-state index is -0.112. The molecule has 1 amide bonds. The lowest BCUT2D eigenvalue weighted by Crippen LogP contribution is -2.24. The molecule has 0 bridgehead atoms. The topological polar surface area (TPSA) is 62.6 Å². The van der Waals surface area contributed by atoms with Crippen molar-refractivity contribution in [3.63, 3.8) is 0 Å². The summed E-state index contributed by atoms with van der Waals surface area (Å²) in [7, 11) is 4.90. The summed E-state index contributed by atoms with van der Waals surface area (Å²) in [4.78, 5) is 13.9. The predicted molar refractivity (Wildman–Crippen MR) is 96.2 cm³/mol. The number of likely N-dealkylation sites (N-methyl/N-ethyl adjacent to an activating group) is 1. The largest absolute Gasteiger partial charge is 0.493 e. The van der Waals surface area contributed by atoms with Gasteiger partial charge in [0.15, 0.2) is 11.5 Å². The summed E-state index contributed by atoms with van der Waals surface area (Å²) in [5, 5.41) is 8.78. The molecule has 0 heterocycles. The van der Waals surface area contributed by atoms with Gasteiger partial charge in [-0.15, -0.1) is 0 Å². The van der Waals surface area contributed by atoms with E-state index < -0.39 is 0 Å². The van der Waals surface area contributed by atoms with Gasteiger partial charge < -0.3 is 14.4 Å². The molecule has 5 heteroatoms. The zero-order valence-electron chi connectivity index (χ0n) is 14.5. The molecule has 0 fully saturated rings. The van der Waals surface area contributed by atoms with Crippen LogP contribution in [0.3, 0.4) is 0 Å². The molecule has 0 aromatic heterocycles. The molecule has 0 N–H and O–H groups in total. The molecule has 0 aliphatic rings. The van der Waals surface area contributed by atoms with E-state index in [4.69, 9.17) is 14.7 Å². The number of hydrogen-bond donors (Lipinski definition) is 0. The molecule has 2 aromatic carbocycles. The third kappa shape index (κ3) is 4.85. The van der Waals surface area contributed by atoms with Gasteiger partial charge in [0.05, 0.1) is 25.9 Å². The van der Waals surface area contributed by atoms with Crippen LogP contribution in [0.1, 0.15) is 16.7 Å². The van der Waals surface area contributed by atoms with Crippen LogP contribution in [0.25, 0.3) is 6.08 Å². The quantitative estimate of drug-likeness (QED) is 0.760. The summed E-state index contributed by atoms with van der Waals surface area (Å²) in [6.07, 6.45) is 3.25. The van der Waals surface area contributed by atoms with Crippen molar-refractivity contribution in [2.24, 2.45) is 0 Å². The summed E-state index contributed by atoms with van der Waals surface area (Å²) in [5.41, 5.74) is 2.40. The molecule has 25 heavy (non-hydrogen) atoms. The Bertz CT molecular complexity index is 805. The van der Waals surface area contributed by atoms with Gasteiger partial charge in [-0.1, -0.05) is 18.2 Å². The molecule has 0 aliphatic carbocycles. The summed E-state index contributed by atoms with van der Waals surface area (Å²) < 4.78 is 10.5. The maximum atomic E-state index is 12.3. The van der Waals surface area contributed by atoms with E-state index in [-0.39, 0.29) is 5.91 Å². The number of benzene rings is 2. The smallest absolute Gasteiger partial charge is 0.246 e. The van der Waals surface area contributed by atoms with Crippen molar-refractivity contribution in [2.45, 2.75) is 6.54 Å². The maximum absolute atomic E-state index is 12.3. The minimum Gasteiger partial charge on any atom is -0.493 e. The van der Waals surface area contributed by atoms with E-state index in [0.717, 1.165) is 11.1 Å². The monoisotopic (exact) mass is 336 g/mol. The summed E-state index contributed by atoms with van der Waals surface area (Å²) in [6, 6.07) is 14.7. The van der Waals surface area contributed by atoms with E-state index >= 15 is 0 Å². The fourth-order valence-corrected chi connectivity index (χ4v) is 2.29. The molecule has 0 saturated carbocycles. The number of rotatable bonds is 6. The maximum Gasteiger partial charge on any atom is 0.246 e. The van der Waals surface area contributed by atoms with Crippen molar-refractivity contribution >= 4 is 12.0 Å². The zero-order valence-corrected chi connectivity index (χ0v) is 14.5. The number of nitrogens with zero attached hydrogens (tertiary/aromatic N) is 2. The van der Waals surface area contributed by atoms with Crippen molar-refractivity contribution in [3.8, 4) is 17.6 Å². The third-order valence-electron chi connectivity index (χ3n) is 3.70. The fraction of sp³-hybridized carbons (Fsp3) is 0.200. The highest BCUT2D eigenvalue weighted by molar-refractivity contribution is 5.91. The molecular weight excluding hydrogens is 316 g/mol. The highest BCUT2D eigenvalue weighted by Gasteiger charge is 2.09. The van der Waals surface area contributed by atoms with Crippen LogP contribution >= 0.6 is 0 Å². The van der Waals surface area contributed by atoms with Gasteiger partial charge in [-0.2, -0.15) is 5.26 Å². The number of nitriles is 1. The third-order valence-corrected chi connectivity index (χ3v) is 3.70. The van der Waals surface area contributed by atoms with E-state index in [1.165, 1.54) is 6.08 Å². The van der Waals surface area contributed by atoms with Gasteiger partial charge in [0.2, 0.25) is 5.91 Å². The predicted octanol–water partition coefficient (Wildman–Crippen LogP) is 3.25. The molecule has 0 spiro atoms. The molecule has 0 atom stereocenters. The van der Waals surface area contributed by atoms with Gasteiger partial charge in [0.1, 0.15) is 0 Å². The van der Waals surface area contributed by atoms with E-state index in [1.807, 2.05) is 18.2 Å². The lowest BCUT2D eigenvalue weighted by molar-refractivity contribution is -0.125. The zero-order chi connectivity index (χ0) is 18.2. The number of ether oxygens (including phenoxy) is 2. The Hall–Kier alpha value is -3.26. The molecule has 0 saturated heterocycles. The summed E-state index contributed by atoms with van der Waals surface area (Å²) in [5.74, 6) is 1.18. The van der Waals surface area contributed by atoms with Gasteiger partial charge in [0, 0.05) is 19.7 Å². The first-order valence-electron chi connectivity index (χ1n) is 7.71. The molecule has 2 aromatic rings. The second-order valence-electron chi connectivity index (χ2n) is 5.45. The van der Waals surface area contributed by atoms with Crippen LogP contribution in [-0.2, 0) is 11.3 Å². The van der Waals surface area contributed by atoms with Crippen LogP contribution in [0.4, 0.5) is 0 Å². The second-order valence-corrected chi connectivity index (χ2v) is 5.45. The van der Waals surface area contributed by atoms with Crippen LogP contribution in [0.5, 0.6) is 11.5 Å². The SMILES string of the molecule is COc1ccc(CN(C)C(=O)C=Cc2ccc(C#N)cc2)cc1OC. The van der Waals surface area contributed by atoms with E-state index in [0.29, 0.717) is 23.6 Å². The van der Waals surface area contributed by atoms with E-state index in [9.17, 15) is 4.79 Å². The van der Waals surface area contributed by atoms with Crippen LogP contribution in [0.2, 0.25) is 0 Å². The number of methoxy groups -OCH3 is 2. The number of amides is 1. The molecule has 2 rings (SSSR count). The highest BCUT2D eigenvalue weighted by Crippen LogP contribution is 2.27. The minimum absolute atomic E-state index is 0.112. The van der Waals surface area contributed by atoms with Gasteiger partial charge in [-0.3, -0.25) is 4.79 Å². The first-order chi connectivity index (χ1) is 12.1. The molecule has 128 valence electrons. The molecular formula is C20H20N2O3. The lowest BCUT2D eigenvalue weighted by Gasteiger charge is -2.16. The van der Waals surface area contributed by atoms with Crippen LogP contribution in [0, 0.1) is 11.3 Å². The van der Waals surface area contributed by atoms with Crippen molar-refractivity contribution in [1.29, 1.82) is 5.26 Å². The standard InChI is InChI=1S/C20H20N2O3/c1-22(14-17-8-10-18(24-2)19(12-17)25-3)20(23)11-9-15-4-6-16(13-21)7-5-15/h4-12H,14H2,1-3H3. The molecule has 5 nitrogen and oxygen atoms in total. The Kier molecular flexibility index (Phi) is 6.19. The Morgan fingerprint density at radius 3 is 2.40 bits per heavy atom. The van der Waals surface area contributed by atoms with E-state index in [1.54, 1.807) is 56.5 Å². The summed E-state index contributed by atoms with van der Waals surface area (Å²) in [6.45, 7) is 0.455. The van der Waals surface area contributed by atoms with Gasteiger partial charge in [0.25, 0.3) is 0 Å². The fourth-order valence-electron chi connectivity index (χ4n) is 2.29. The van der Waals surface area contributed by atoms with Crippen LogP contribution in [0.15, 0.2) is 48.5 Å². The van der Waals surface area contributed by atoms with E-state index in [2.05, 4.69) is 6.07 Å². The first kappa shape index (κ1) is 18.1. The average Bonchev–Trinajstić information content (AvgIpc) is 2.66. The normalized spacial score (nSPS) is 10.3. The molecule has 0 radical (unpaired) electrons. The highest BCUT2D eigenvalue weighted by atomic mass is 16.5. The Labute approximate surface area is 147 Å². The van der Waals surface area contributed by atoms with Crippen molar-refractivity contribution in [2.75, 3.05) is 21.3 Å². The average molecular weight is 336 g/mol. The molecule has 0 unspecified atom stereocenters. The Morgan fingerprint density at radius 1 is 1.12 bits per heavy atom. The lowest BCUT2D eigenvalue weighted by atomic mass is 10.1. The number of carbonyl (C=O) groups excluding carboxylic acids is 1. The van der Waals surface area contributed by atoms with Crippen LogP contribution in [-0.4, -0.2) is 32.1 Å². The second kappa shape index (κ2) is 8.55. The van der Waals surface area contributed by atoms with Crippen molar-refractivity contribution in [1.82, 2.24) is 4.90 Å².